The van der Waals surface area contributed by atoms with Gasteiger partial charge < -0.3 is 4.90 Å². The molecular weight excluding hydrogens is 352 g/mol. The highest BCUT2D eigenvalue weighted by molar-refractivity contribution is 5.77. The third-order valence-corrected chi connectivity index (χ3v) is 6.30. The number of rotatable bonds is 6. The van der Waals surface area contributed by atoms with Gasteiger partial charge in [-0.3, -0.25) is 9.69 Å². The van der Waals surface area contributed by atoms with E-state index in [1.54, 1.807) is 11.0 Å². The number of carbonyl (C=O) groups excluding carboxylic acids is 1. The van der Waals surface area contributed by atoms with Gasteiger partial charge in [-0.1, -0.05) is 49.6 Å². The molecule has 2 heterocycles. The van der Waals surface area contributed by atoms with Gasteiger partial charge in [-0.05, 0) is 34.2 Å². The summed E-state index contributed by atoms with van der Waals surface area (Å²) >= 11 is 0. The summed E-state index contributed by atoms with van der Waals surface area (Å²) < 4.78 is 1.80. The Labute approximate surface area is 166 Å². The zero-order chi connectivity index (χ0) is 19.2. The normalized spacial score (nSPS) is 20.2. The SMILES string of the molecule is O=C(CC1(Cn2cnnn2)CCCCC1)N1CCN(Cc2ccccc2)CC1. The predicted octanol–water partition coefficient (Wildman–Crippen LogP) is 2.36. The van der Waals surface area contributed by atoms with E-state index in [4.69, 9.17) is 0 Å². The first kappa shape index (κ1) is 19.1. The Morgan fingerprint density at radius 2 is 1.75 bits per heavy atom. The number of benzene rings is 1. The monoisotopic (exact) mass is 382 g/mol. The molecule has 1 aliphatic heterocycles. The van der Waals surface area contributed by atoms with Gasteiger partial charge in [-0.15, -0.1) is 5.10 Å². The molecule has 1 amide bonds. The van der Waals surface area contributed by atoms with Gasteiger partial charge in [0.1, 0.15) is 6.33 Å². The van der Waals surface area contributed by atoms with Crippen molar-refractivity contribution in [3.63, 3.8) is 0 Å². The molecule has 28 heavy (non-hydrogen) atoms. The number of piperazine rings is 1. The summed E-state index contributed by atoms with van der Waals surface area (Å²) in [5.41, 5.74) is 1.34. The molecule has 0 radical (unpaired) electrons. The van der Waals surface area contributed by atoms with Crippen molar-refractivity contribution in [2.75, 3.05) is 26.2 Å². The van der Waals surface area contributed by atoms with Gasteiger partial charge in [-0.25, -0.2) is 4.68 Å². The summed E-state index contributed by atoms with van der Waals surface area (Å²) in [6.45, 7) is 5.26. The van der Waals surface area contributed by atoms with Gasteiger partial charge in [0.25, 0.3) is 0 Å². The second kappa shape index (κ2) is 8.82. The maximum atomic E-state index is 13.1. The van der Waals surface area contributed by atoms with Crippen LogP contribution in [0.15, 0.2) is 36.7 Å². The highest BCUT2D eigenvalue weighted by Crippen LogP contribution is 2.41. The molecule has 0 bridgehead atoms. The van der Waals surface area contributed by atoms with Crippen molar-refractivity contribution < 1.29 is 4.79 Å². The number of amides is 1. The van der Waals surface area contributed by atoms with Crippen LogP contribution in [0.5, 0.6) is 0 Å². The van der Waals surface area contributed by atoms with E-state index in [9.17, 15) is 4.79 Å². The van der Waals surface area contributed by atoms with Crippen LogP contribution in [0.4, 0.5) is 0 Å². The Bertz CT molecular complexity index is 734. The van der Waals surface area contributed by atoms with Crippen LogP contribution in [-0.4, -0.2) is 62.1 Å². The Balaban J connectivity index is 1.32. The molecule has 0 N–H and O–H groups in total. The standard InChI is InChI=1S/C21H30N6O/c28-20(15-21(9-5-2-6-10-21)17-27-18-22-23-24-27)26-13-11-25(12-14-26)16-19-7-3-1-4-8-19/h1,3-4,7-8,18H,2,5-6,9-17H2. The molecule has 2 fully saturated rings. The average Bonchev–Trinajstić information content (AvgIpc) is 3.22. The van der Waals surface area contributed by atoms with Gasteiger partial charge in [0.15, 0.2) is 0 Å². The fourth-order valence-electron chi connectivity index (χ4n) is 4.72. The first-order valence-electron chi connectivity index (χ1n) is 10.5. The minimum absolute atomic E-state index is 0.00584. The van der Waals surface area contributed by atoms with E-state index in [1.165, 1.54) is 24.8 Å². The minimum Gasteiger partial charge on any atom is -0.340 e. The van der Waals surface area contributed by atoms with Crippen molar-refractivity contribution in [3.8, 4) is 0 Å². The Morgan fingerprint density at radius 1 is 1.00 bits per heavy atom. The van der Waals surface area contributed by atoms with Gasteiger partial charge in [0.2, 0.25) is 5.91 Å². The van der Waals surface area contributed by atoms with E-state index >= 15 is 0 Å². The number of tetrazole rings is 1. The third kappa shape index (κ3) is 4.76. The second-order valence-electron chi connectivity index (χ2n) is 8.39. The number of hydrogen-bond donors (Lipinski definition) is 0. The minimum atomic E-state index is 0.00584. The Kier molecular flexibility index (Phi) is 6.00. The van der Waals surface area contributed by atoms with Crippen LogP contribution in [0.25, 0.3) is 0 Å². The average molecular weight is 383 g/mol. The van der Waals surface area contributed by atoms with Crippen LogP contribution in [-0.2, 0) is 17.9 Å². The predicted molar refractivity (Wildman–Crippen MR) is 106 cm³/mol. The van der Waals surface area contributed by atoms with Crippen molar-refractivity contribution in [1.29, 1.82) is 0 Å². The molecule has 7 nitrogen and oxygen atoms in total. The molecule has 1 aromatic heterocycles. The molecular formula is C21H30N6O. The van der Waals surface area contributed by atoms with E-state index in [0.29, 0.717) is 12.3 Å². The van der Waals surface area contributed by atoms with Gasteiger partial charge >= 0.3 is 0 Å². The van der Waals surface area contributed by atoms with E-state index in [0.717, 1.165) is 52.1 Å². The summed E-state index contributed by atoms with van der Waals surface area (Å²) in [5, 5.41) is 11.6. The first-order valence-corrected chi connectivity index (χ1v) is 10.5. The first-order chi connectivity index (χ1) is 13.7. The maximum absolute atomic E-state index is 13.1. The molecule has 0 unspecified atom stereocenters. The molecule has 1 aromatic carbocycles. The molecule has 4 rings (SSSR count). The van der Waals surface area contributed by atoms with Gasteiger partial charge in [-0.2, -0.15) is 0 Å². The van der Waals surface area contributed by atoms with Crippen LogP contribution in [0.3, 0.4) is 0 Å². The quantitative estimate of drug-likeness (QED) is 0.767. The molecule has 2 aliphatic rings. The van der Waals surface area contributed by atoms with Crippen molar-refractivity contribution in [2.24, 2.45) is 5.41 Å². The Morgan fingerprint density at radius 3 is 2.43 bits per heavy atom. The summed E-state index contributed by atoms with van der Waals surface area (Å²) in [6.07, 6.45) is 8.12. The highest BCUT2D eigenvalue weighted by Gasteiger charge is 2.37. The molecule has 0 spiro atoms. The fourth-order valence-corrected chi connectivity index (χ4v) is 4.72. The third-order valence-electron chi connectivity index (χ3n) is 6.30. The summed E-state index contributed by atoms with van der Waals surface area (Å²) in [5.74, 6) is 0.300. The van der Waals surface area contributed by atoms with Crippen LogP contribution >= 0.6 is 0 Å². The van der Waals surface area contributed by atoms with Crippen LogP contribution in [0.2, 0.25) is 0 Å². The molecule has 2 aromatic rings. The number of hydrogen-bond acceptors (Lipinski definition) is 5. The maximum Gasteiger partial charge on any atom is 0.223 e. The molecule has 1 saturated carbocycles. The van der Waals surface area contributed by atoms with Crippen molar-refractivity contribution >= 4 is 5.91 Å². The van der Waals surface area contributed by atoms with E-state index in [1.807, 2.05) is 0 Å². The number of aromatic nitrogens is 4. The molecule has 1 saturated heterocycles. The van der Waals surface area contributed by atoms with E-state index in [-0.39, 0.29) is 5.41 Å². The summed E-state index contributed by atoms with van der Waals surface area (Å²) in [7, 11) is 0. The lowest BCUT2D eigenvalue weighted by Gasteiger charge is -2.40. The molecule has 0 atom stereocenters. The number of carbonyl (C=O) groups is 1. The second-order valence-corrected chi connectivity index (χ2v) is 8.39. The lowest BCUT2D eigenvalue weighted by Crippen LogP contribution is -2.49. The fraction of sp³-hybridized carbons (Fsp3) is 0.619. The summed E-state index contributed by atoms with van der Waals surface area (Å²) in [4.78, 5) is 17.6. The topological polar surface area (TPSA) is 67.2 Å². The smallest absolute Gasteiger partial charge is 0.223 e. The van der Waals surface area contributed by atoms with Crippen LogP contribution in [0, 0.1) is 5.41 Å². The summed E-state index contributed by atoms with van der Waals surface area (Å²) in [6, 6.07) is 10.6. The van der Waals surface area contributed by atoms with E-state index < -0.39 is 0 Å². The van der Waals surface area contributed by atoms with Crippen LogP contribution < -0.4 is 0 Å². The Hall–Kier alpha value is -2.28. The lowest BCUT2D eigenvalue weighted by molar-refractivity contribution is -0.136. The van der Waals surface area contributed by atoms with Crippen molar-refractivity contribution in [3.05, 3.63) is 42.2 Å². The lowest BCUT2D eigenvalue weighted by atomic mass is 9.71. The molecule has 7 heteroatoms. The van der Waals surface area contributed by atoms with Gasteiger partial charge in [0, 0.05) is 39.1 Å². The van der Waals surface area contributed by atoms with Crippen molar-refractivity contribution in [1.82, 2.24) is 30.0 Å². The molecule has 1 aliphatic carbocycles. The van der Waals surface area contributed by atoms with Crippen LogP contribution in [0.1, 0.15) is 44.1 Å². The zero-order valence-electron chi connectivity index (χ0n) is 16.5. The largest absolute Gasteiger partial charge is 0.340 e. The zero-order valence-corrected chi connectivity index (χ0v) is 16.5. The van der Waals surface area contributed by atoms with E-state index in [2.05, 4.69) is 55.7 Å². The van der Waals surface area contributed by atoms with Gasteiger partial charge in [0.05, 0.1) is 6.54 Å². The number of nitrogens with zero attached hydrogens (tertiary/aromatic N) is 6. The molecule has 150 valence electrons. The highest BCUT2D eigenvalue weighted by atomic mass is 16.2. The van der Waals surface area contributed by atoms with Crippen molar-refractivity contribution in [2.45, 2.75) is 51.6 Å².